The molecule has 2 unspecified atom stereocenters. The second-order valence-electron chi connectivity index (χ2n) is 4.82. The maximum Gasteiger partial charge on any atom is 0.306 e. The first-order valence-electron chi connectivity index (χ1n) is 6.31. The van der Waals surface area contributed by atoms with Crippen LogP contribution in [-0.2, 0) is 16.1 Å². The monoisotopic (exact) mass is 301 g/mol. The number of halogens is 1. The highest BCUT2D eigenvalue weighted by atomic mass is 35.5. The molecule has 19 heavy (non-hydrogen) atoms. The Balaban J connectivity index is 1.84. The molecule has 0 aliphatic heterocycles. The van der Waals surface area contributed by atoms with Gasteiger partial charge in [-0.1, -0.05) is 18.0 Å². The highest BCUT2D eigenvalue weighted by Gasteiger charge is 2.30. The third-order valence-electron chi connectivity index (χ3n) is 3.46. The lowest BCUT2D eigenvalue weighted by molar-refractivity contribution is -0.144. The molecule has 0 radical (unpaired) electrons. The van der Waals surface area contributed by atoms with E-state index in [1.54, 1.807) is 6.07 Å². The normalized spacial score (nSPS) is 23.0. The van der Waals surface area contributed by atoms with E-state index >= 15 is 0 Å². The van der Waals surface area contributed by atoms with Crippen LogP contribution in [0.2, 0.25) is 4.34 Å². The Morgan fingerprint density at radius 2 is 2.11 bits per heavy atom. The molecule has 2 atom stereocenters. The quantitative estimate of drug-likeness (QED) is 0.898. The zero-order chi connectivity index (χ0) is 13.8. The summed E-state index contributed by atoms with van der Waals surface area (Å²) in [5.74, 6) is -1.39. The van der Waals surface area contributed by atoms with Crippen molar-refractivity contribution in [3.05, 3.63) is 21.3 Å². The van der Waals surface area contributed by atoms with Gasteiger partial charge in [-0.2, -0.15) is 0 Å². The second kappa shape index (κ2) is 6.39. The summed E-state index contributed by atoms with van der Waals surface area (Å²) in [6.07, 6.45) is 2.71. The minimum atomic E-state index is -0.789. The van der Waals surface area contributed by atoms with Gasteiger partial charge in [0.05, 0.1) is 16.8 Å². The topological polar surface area (TPSA) is 66.4 Å². The summed E-state index contributed by atoms with van der Waals surface area (Å²) >= 11 is 7.26. The zero-order valence-corrected chi connectivity index (χ0v) is 12.0. The van der Waals surface area contributed by atoms with E-state index in [2.05, 4.69) is 5.32 Å². The number of rotatable bonds is 4. The average Bonchev–Trinajstić information content (AvgIpc) is 2.82. The Hall–Kier alpha value is -1.07. The van der Waals surface area contributed by atoms with Gasteiger partial charge in [0, 0.05) is 10.8 Å². The fraction of sp³-hybridized carbons (Fsp3) is 0.538. The Morgan fingerprint density at radius 1 is 1.37 bits per heavy atom. The molecule has 2 N–H and O–H groups in total. The van der Waals surface area contributed by atoms with Crippen LogP contribution < -0.4 is 5.32 Å². The standard InChI is InChI=1S/C13H16ClNO3S/c14-11-5-4-10(19-11)7-15-12(16)8-2-1-3-9(6-8)13(17)18/h4-5,8-9H,1-3,6-7H2,(H,15,16)(H,17,18). The third kappa shape index (κ3) is 3.94. The lowest BCUT2D eigenvalue weighted by Crippen LogP contribution is -2.34. The average molecular weight is 302 g/mol. The van der Waals surface area contributed by atoms with Gasteiger partial charge in [-0.25, -0.2) is 0 Å². The van der Waals surface area contributed by atoms with Crippen LogP contribution in [-0.4, -0.2) is 17.0 Å². The first-order valence-corrected chi connectivity index (χ1v) is 7.50. The molecule has 1 aliphatic carbocycles. The summed E-state index contributed by atoms with van der Waals surface area (Å²) in [4.78, 5) is 24.0. The van der Waals surface area contributed by atoms with Gasteiger partial charge in [0.25, 0.3) is 0 Å². The van der Waals surface area contributed by atoms with Crippen molar-refractivity contribution in [2.45, 2.75) is 32.2 Å². The molecular weight excluding hydrogens is 286 g/mol. The predicted molar refractivity (Wildman–Crippen MR) is 74.3 cm³/mol. The number of amides is 1. The fourth-order valence-corrected chi connectivity index (χ4v) is 3.44. The predicted octanol–water partition coefficient (Wildman–Crippen LogP) is 2.91. The molecular formula is C13H16ClNO3S. The zero-order valence-electron chi connectivity index (χ0n) is 10.4. The molecule has 2 rings (SSSR count). The number of carboxylic acids is 1. The molecule has 1 saturated carbocycles. The van der Waals surface area contributed by atoms with Gasteiger partial charge in [-0.3, -0.25) is 9.59 Å². The van der Waals surface area contributed by atoms with E-state index in [1.165, 1.54) is 11.3 Å². The minimum Gasteiger partial charge on any atom is -0.481 e. The van der Waals surface area contributed by atoms with Crippen LogP contribution in [0.3, 0.4) is 0 Å². The van der Waals surface area contributed by atoms with Crippen molar-refractivity contribution in [3.63, 3.8) is 0 Å². The highest BCUT2D eigenvalue weighted by Crippen LogP contribution is 2.29. The molecule has 1 aromatic heterocycles. The molecule has 1 amide bonds. The molecule has 0 spiro atoms. The van der Waals surface area contributed by atoms with E-state index in [1.807, 2.05) is 6.07 Å². The van der Waals surface area contributed by atoms with Gasteiger partial charge < -0.3 is 10.4 Å². The third-order valence-corrected chi connectivity index (χ3v) is 4.69. The van der Waals surface area contributed by atoms with Gasteiger partial charge in [-0.15, -0.1) is 11.3 Å². The second-order valence-corrected chi connectivity index (χ2v) is 6.62. The van der Waals surface area contributed by atoms with Crippen molar-refractivity contribution in [1.29, 1.82) is 0 Å². The summed E-state index contributed by atoms with van der Waals surface area (Å²) in [5, 5.41) is 11.9. The Morgan fingerprint density at radius 3 is 2.74 bits per heavy atom. The van der Waals surface area contributed by atoms with Crippen LogP contribution in [0.5, 0.6) is 0 Å². The summed E-state index contributed by atoms with van der Waals surface area (Å²) in [7, 11) is 0. The van der Waals surface area contributed by atoms with Crippen LogP contribution >= 0.6 is 22.9 Å². The number of carbonyl (C=O) groups is 2. The molecule has 0 bridgehead atoms. The molecule has 1 fully saturated rings. The van der Waals surface area contributed by atoms with Crippen molar-refractivity contribution in [2.75, 3.05) is 0 Å². The van der Waals surface area contributed by atoms with Crippen molar-refractivity contribution < 1.29 is 14.7 Å². The number of carboxylic acid groups (broad SMARTS) is 1. The van der Waals surface area contributed by atoms with E-state index in [4.69, 9.17) is 16.7 Å². The lowest BCUT2D eigenvalue weighted by Gasteiger charge is -2.25. The maximum atomic E-state index is 12.0. The molecule has 4 nitrogen and oxygen atoms in total. The van der Waals surface area contributed by atoms with Crippen LogP contribution in [0.1, 0.15) is 30.6 Å². The van der Waals surface area contributed by atoms with E-state index in [9.17, 15) is 9.59 Å². The van der Waals surface area contributed by atoms with Gasteiger partial charge in [0.2, 0.25) is 5.91 Å². The van der Waals surface area contributed by atoms with Crippen LogP contribution in [0.15, 0.2) is 12.1 Å². The first kappa shape index (κ1) is 14.3. The summed E-state index contributed by atoms with van der Waals surface area (Å²) < 4.78 is 0.702. The van der Waals surface area contributed by atoms with E-state index in [-0.39, 0.29) is 17.7 Å². The highest BCUT2D eigenvalue weighted by molar-refractivity contribution is 7.16. The van der Waals surface area contributed by atoms with Crippen molar-refractivity contribution in [2.24, 2.45) is 11.8 Å². The summed E-state index contributed by atoms with van der Waals surface area (Å²) in [6, 6.07) is 3.68. The number of hydrogen-bond donors (Lipinski definition) is 2. The largest absolute Gasteiger partial charge is 0.481 e. The molecule has 6 heteroatoms. The van der Waals surface area contributed by atoms with Crippen LogP contribution in [0, 0.1) is 11.8 Å². The van der Waals surface area contributed by atoms with Crippen molar-refractivity contribution in [1.82, 2.24) is 5.32 Å². The van der Waals surface area contributed by atoms with Crippen LogP contribution in [0.4, 0.5) is 0 Å². The van der Waals surface area contributed by atoms with Gasteiger partial charge >= 0.3 is 5.97 Å². The first-order chi connectivity index (χ1) is 9.06. The fourth-order valence-electron chi connectivity index (χ4n) is 2.42. The molecule has 1 heterocycles. The smallest absolute Gasteiger partial charge is 0.306 e. The van der Waals surface area contributed by atoms with E-state index < -0.39 is 5.97 Å². The van der Waals surface area contributed by atoms with Crippen LogP contribution in [0.25, 0.3) is 0 Å². The maximum absolute atomic E-state index is 12.0. The molecule has 1 aromatic rings. The van der Waals surface area contributed by atoms with Crippen molar-refractivity contribution in [3.8, 4) is 0 Å². The lowest BCUT2D eigenvalue weighted by atomic mass is 9.81. The molecule has 0 saturated heterocycles. The van der Waals surface area contributed by atoms with Gasteiger partial charge in [0.15, 0.2) is 0 Å². The molecule has 0 aromatic carbocycles. The molecule has 1 aliphatic rings. The number of nitrogens with one attached hydrogen (secondary N) is 1. The summed E-state index contributed by atoms with van der Waals surface area (Å²) in [5.41, 5.74) is 0. The van der Waals surface area contributed by atoms with Gasteiger partial charge in [-0.05, 0) is 31.4 Å². The Kier molecular flexibility index (Phi) is 4.82. The minimum absolute atomic E-state index is 0.0459. The van der Waals surface area contributed by atoms with E-state index in [0.717, 1.165) is 17.7 Å². The number of aliphatic carboxylic acids is 1. The number of hydrogen-bond acceptors (Lipinski definition) is 3. The summed E-state index contributed by atoms with van der Waals surface area (Å²) in [6.45, 7) is 0.463. The number of thiophene rings is 1. The van der Waals surface area contributed by atoms with Crippen molar-refractivity contribution >= 4 is 34.8 Å². The Bertz CT molecular complexity index is 474. The number of carbonyl (C=O) groups excluding carboxylic acids is 1. The Labute approximate surface area is 120 Å². The molecule has 104 valence electrons. The van der Waals surface area contributed by atoms with E-state index in [0.29, 0.717) is 23.7 Å². The SMILES string of the molecule is O=C(O)C1CCCC(C(=O)NCc2ccc(Cl)s2)C1. The van der Waals surface area contributed by atoms with Gasteiger partial charge in [0.1, 0.15) is 0 Å².